The Balaban J connectivity index is 2.13. The predicted octanol–water partition coefficient (Wildman–Crippen LogP) is 1.64. The van der Waals surface area contributed by atoms with Crippen LogP contribution in [0.15, 0.2) is 40.1 Å². The Morgan fingerprint density at radius 1 is 1.04 bits per heavy atom. The average Bonchev–Trinajstić information content (AvgIpc) is 2.61. The van der Waals surface area contributed by atoms with Gasteiger partial charge in [-0.15, -0.1) is 0 Å². The Hall–Kier alpha value is -3.42. The molecule has 2 aromatic heterocycles. The summed E-state index contributed by atoms with van der Waals surface area (Å²) in [5, 5.41) is 6.28. The van der Waals surface area contributed by atoms with Gasteiger partial charge in [0.1, 0.15) is 5.39 Å². The predicted molar refractivity (Wildman–Crippen MR) is 101 cm³/mol. The van der Waals surface area contributed by atoms with E-state index >= 15 is 0 Å². The highest BCUT2D eigenvalue weighted by Gasteiger charge is 2.15. The summed E-state index contributed by atoms with van der Waals surface area (Å²) >= 11 is 0. The SMILES string of the molecule is CC(=O)Nc1ccc(Nc2c(C)cnc3c2c(=O)n(C)c(=O)n3C)cc1. The van der Waals surface area contributed by atoms with E-state index in [0.29, 0.717) is 22.4 Å². The smallest absolute Gasteiger partial charge is 0.332 e. The maximum Gasteiger partial charge on any atom is 0.332 e. The zero-order chi connectivity index (χ0) is 19.0. The molecule has 3 aromatic rings. The van der Waals surface area contributed by atoms with Gasteiger partial charge in [-0.25, -0.2) is 9.78 Å². The minimum atomic E-state index is -0.426. The van der Waals surface area contributed by atoms with Crippen LogP contribution in [0.4, 0.5) is 17.1 Å². The van der Waals surface area contributed by atoms with Crippen molar-refractivity contribution in [3.05, 3.63) is 56.9 Å². The molecule has 0 atom stereocenters. The van der Waals surface area contributed by atoms with E-state index in [4.69, 9.17) is 0 Å². The molecular weight excluding hydrogens is 334 g/mol. The van der Waals surface area contributed by atoms with Crippen molar-refractivity contribution in [2.45, 2.75) is 13.8 Å². The number of aromatic nitrogens is 3. The van der Waals surface area contributed by atoms with Gasteiger partial charge < -0.3 is 10.6 Å². The van der Waals surface area contributed by atoms with E-state index in [1.54, 1.807) is 37.5 Å². The summed E-state index contributed by atoms with van der Waals surface area (Å²) in [7, 11) is 3.02. The number of hydrogen-bond acceptors (Lipinski definition) is 5. The zero-order valence-electron chi connectivity index (χ0n) is 15.0. The molecule has 0 unspecified atom stereocenters. The lowest BCUT2D eigenvalue weighted by atomic mass is 10.1. The Morgan fingerprint density at radius 3 is 2.27 bits per heavy atom. The molecule has 1 aromatic carbocycles. The largest absolute Gasteiger partial charge is 0.354 e. The number of aryl methyl sites for hydroxylation is 2. The van der Waals surface area contributed by atoms with E-state index in [1.165, 1.54) is 18.5 Å². The first-order valence-electron chi connectivity index (χ1n) is 7.99. The molecule has 0 bridgehead atoms. The fourth-order valence-corrected chi connectivity index (χ4v) is 2.77. The Morgan fingerprint density at radius 2 is 1.65 bits per heavy atom. The van der Waals surface area contributed by atoms with E-state index in [0.717, 1.165) is 15.8 Å². The van der Waals surface area contributed by atoms with Crippen LogP contribution in [-0.4, -0.2) is 20.0 Å². The lowest BCUT2D eigenvalue weighted by Gasteiger charge is -2.15. The molecule has 0 fully saturated rings. The number of nitrogens with one attached hydrogen (secondary N) is 2. The van der Waals surface area contributed by atoms with E-state index < -0.39 is 11.2 Å². The van der Waals surface area contributed by atoms with Crippen LogP contribution in [0.3, 0.4) is 0 Å². The standard InChI is InChI=1S/C18H19N5O3/c1-10-9-19-16-14(17(25)23(4)18(26)22(16)3)15(10)21-13-7-5-12(6-8-13)20-11(2)24/h5-9H,1-4H3,(H,19,21)(H,20,24). The Bertz CT molecular complexity index is 1130. The molecule has 2 heterocycles. The van der Waals surface area contributed by atoms with Crippen LogP contribution in [-0.2, 0) is 18.9 Å². The number of rotatable bonds is 3. The van der Waals surface area contributed by atoms with Crippen molar-refractivity contribution < 1.29 is 4.79 Å². The Kier molecular flexibility index (Phi) is 4.33. The Labute approximate surface area is 149 Å². The summed E-state index contributed by atoms with van der Waals surface area (Å²) in [4.78, 5) is 40.1. The fraction of sp³-hybridized carbons (Fsp3) is 0.222. The van der Waals surface area contributed by atoms with Crippen molar-refractivity contribution in [2.24, 2.45) is 14.1 Å². The van der Waals surface area contributed by atoms with Gasteiger partial charge in [-0.3, -0.25) is 18.7 Å². The van der Waals surface area contributed by atoms with Gasteiger partial charge in [-0.1, -0.05) is 0 Å². The first-order valence-corrected chi connectivity index (χ1v) is 7.99. The lowest BCUT2D eigenvalue weighted by Crippen LogP contribution is -2.37. The van der Waals surface area contributed by atoms with Crippen molar-refractivity contribution in [3.63, 3.8) is 0 Å². The van der Waals surface area contributed by atoms with Gasteiger partial charge in [0.15, 0.2) is 5.65 Å². The first kappa shape index (κ1) is 17.4. The molecule has 0 aliphatic rings. The van der Waals surface area contributed by atoms with E-state index in [1.807, 2.05) is 6.92 Å². The minimum absolute atomic E-state index is 0.147. The molecule has 0 radical (unpaired) electrons. The summed E-state index contributed by atoms with van der Waals surface area (Å²) in [6, 6.07) is 7.11. The minimum Gasteiger partial charge on any atom is -0.354 e. The molecular formula is C18H19N5O3. The second-order valence-electron chi connectivity index (χ2n) is 6.10. The monoisotopic (exact) mass is 353 g/mol. The quantitative estimate of drug-likeness (QED) is 0.746. The van der Waals surface area contributed by atoms with Gasteiger partial charge >= 0.3 is 5.69 Å². The van der Waals surface area contributed by atoms with Crippen LogP contribution in [0.2, 0.25) is 0 Å². The molecule has 0 spiro atoms. The number of amides is 1. The number of nitrogens with zero attached hydrogens (tertiary/aromatic N) is 3. The number of carbonyl (C=O) groups excluding carboxylic acids is 1. The zero-order valence-corrected chi connectivity index (χ0v) is 15.0. The molecule has 1 amide bonds. The van der Waals surface area contributed by atoms with Crippen molar-refractivity contribution in [2.75, 3.05) is 10.6 Å². The number of hydrogen-bond donors (Lipinski definition) is 2. The number of carbonyl (C=O) groups is 1. The third-order valence-electron chi connectivity index (χ3n) is 4.13. The maximum atomic E-state index is 12.7. The van der Waals surface area contributed by atoms with Crippen LogP contribution in [0.1, 0.15) is 12.5 Å². The van der Waals surface area contributed by atoms with Crippen molar-refractivity contribution >= 4 is 34.0 Å². The van der Waals surface area contributed by atoms with Crippen LogP contribution in [0, 0.1) is 6.92 Å². The highest BCUT2D eigenvalue weighted by atomic mass is 16.2. The van der Waals surface area contributed by atoms with Gasteiger partial charge in [0.05, 0.1) is 5.69 Å². The number of benzene rings is 1. The molecule has 0 aliphatic heterocycles. The number of fused-ring (bicyclic) bond motifs is 1. The molecule has 0 saturated carbocycles. The maximum absolute atomic E-state index is 12.7. The summed E-state index contributed by atoms with van der Waals surface area (Å²) in [5.41, 5.74) is 2.28. The van der Waals surface area contributed by atoms with Gasteiger partial charge in [0.2, 0.25) is 5.91 Å². The van der Waals surface area contributed by atoms with Crippen LogP contribution in [0.5, 0.6) is 0 Å². The fourth-order valence-electron chi connectivity index (χ4n) is 2.77. The average molecular weight is 353 g/mol. The van der Waals surface area contributed by atoms with E-state index in [9.17, 15) is 14.4 Å². The van der Waals surface area contributed by atoms with Gasteiger partial charge in [-0.05, 0) is 36.8 Å². The lowest BCUT2D eigenvalue weighted by molar-refractivity contribution is -0.114. The number of pyridine rings is 1. The number of anilines is 3. The van der Waals surface area contributed by atoms with E-state index in [2.05, 4.69) is 15.6 Å². The molecule has 26 heavy (non-hydrogen) atoms. The third-order valence-corrected chi connectivity index (χ3v) is 4.13. The van der Waals surface area contributed by atoms with Gasteiger partial charge in [0.25, 0.3) is 5.56 Å². The second kappa shape index (κ2) is 6.47. The normalized spacial score (nSPS) is 10.8. The second-order valence-corrected chi connectivity index (χ2v) is 6.10. The summed E-state index contributed by atoms with van der Waals surface area (Å²) in [6.07, 6.45) is 1.62. The van der Waals surface area contributed by atoms with Gasteiger partial charge in [0, 0.05) is 38.6 Å². The first-order chi connectivity index (χ1) is 12.3. The molecule has 0 aliphatic carbocycles. The highest BCUT2D eigenvalue weighted by Crippen LogP contribution is 2.26. The van der Waals surface area contributed by atoms with Crippen molar-refractivity contribution in [1.29, 1.82) is 0 Å². The molecule has 2 N–H and O–H groups in total. The summed E-state index contributed by atoms with van der Waals surface area (Å²) < 4.78 is 2.41. The topological polar surface area (TPSA) is 98.0 Å². The molecule has 8 nitrogen and oxygen atoms in total. The molecule has 0 saturated heterocycles. The van der Waals surface area contributed by atoms with Gasteiger partial charge in [-0.2, -0.15) is 0 Å². The summed E-state index contributed by atoms with van der Waals surface area (Å²) in [6.45, 7) is 3.28. The van der Waals surface area contributed by atoms with Crippen LogP contribution >= 0.6 is 0 Å². The molecule has 8 heteroatoms. The molecule has 134 valence electrons. The van der Waals surface area contributed by atoms with Crippen molar-refractivity contribution in [1.82, 2.24) is 14.1 Å². The third kappa shape index (κ3) is 2.97. The van der Waals surface area contributed by atoms with E-state index in [-0.39, 0.29) is 5.91 Å². The van der Waals surface area contributed by atoms with Crippen LogP contribution < -0.4 is 21.9 Å². The highest BCUT2D eigenvalue weighted by molar-refractivity contribution is 5.92. The summed E-state index contributed by atoms with van der Waals surface area (Å²) in [5.74, 6) is -0.147. The molecule has 3 rings (SSSR count). The van der Waals surface area contributed by atoms with Crippen molar-refractivity contribution in [3.8, 4) is 0 Å². The van der Waals surface area contributed by atoms with Crippen LogP contribution in [0.25, 0.3) is 11.0 Å².